The predicted octanol–water partition coefficient (Wildman–Crippen LogP) is 3.48. The minimum Gasteiger partial charge on any atom is -0.488 e. The molecule has 3 N–H and O–H groups in total. The Labute approximate surface area is 258 Å². The number of piperidine rings is 1. The van der Waals surface area contributed by atoms with E-state index in [1.54, 1.807) is 13.0 Å². The molecule has 0 bridgehead atoms. The zero-order valence-electron chi connectivity index (χ0n) is 25.2. The molecule has 0 aliphatic carbocycles. The number of alkyl halides is 2. The van der Waals surface area contributed by atoms with Gasteiger partial charge in [0.15, 0.2) is 0 Å². The number of likely N-dealkylation sites (tertiary alicyclic amines) is 2. The molecule has 3 aromatic rings. The van der Waals surface area contributed by atoms with Gasteiger partial charge in [-0.2, -0.15) is 13.9 Å². The van der Waals surface area contributed by atoms with Gasteiger partial charge in [0.05, 0.1) is 29.2 Å². The van der Waals surface area contributed by atoms with Crippen LogP contribution in [0.2, 0.25) is 0 Å². The average molecular weight is 627 g/mol. The zero-order valence-corrected chi connectivity index (χ0v) is 25.2. The molecule has 240 valence electrons. The molecule has 0 saturated carbocycles. The number of amides is 1. The van der Waals surface area contributed by atoms with Gasteiger partial charge in [-0.3, -0.25) is 24.2 Å². The van der Waals surface area contributed by atoms with Crippen LogP contribution in [-0.2, 0) is 10.4 Å². The second-order valence-corrected chi connectivity index (χ2v) is 11.7. The van der Waals surface area contributed by atoms with Gasteiger partial charge in [0.25, 0.3) is 0 Å². The Balaban J connectivity index is 1.29. The fourth-order valence-corrected chi connectivity index (χ4v) is 5.83. The first kappa shape index (κ1) is 32.1. The molecule has 1 unspecified atom stereocenters. The van der Waals surface area contributed by atoms with Gasteiger partial charge in [-0.1, -0.05) is 6.58 Å². The van der Waals surface area contributed by atoms with Gasteiger partial charge in [0.1, 0.15) is 41.3 Å². The van der Waals surface area contributed by atoms with Crippen LogP contribution in [0.4, 0.5) is 13.2 Å². The number of hydrogen-bond acceptors (Lipinski definition) is 9. The molecule has 2 saturated heterocycles. The highest BCUT2D eigenvalue weighted by atomic mass is 19.3. The lowest BCUT2D eigenvalue weighted by atomic mass is 9.94. The number of fused-ring (bicyclic) bond motifs is 1. The number of nitrogens with zero attached hydrogens (tertiary/aromatic N) is 7. The molecule has 5 rings (SSSR count). The number of aliphatic imine (C=N–C) groups is 1. The van der Waals surface area contributed by atoms with Crippen molar-refractivity contribution in [3.05, 3.63) is 66.5 Å². The molecule has 45 heavy (non-hydrogen) atoms. The normalized spacial score (nSPS) is 18.7. The van der Waals surface area contributed by atoms with E-state index in [0.29, 0.717) is 27.5 Å². The van der Waals surface area contributed by atoms with Crippen molar-refractivity contribution < 1.29 is 27.8 Å². The van der Waals surface area contributed by atoms with Crippen molar-refractivity contribution in [2.24, 2.45) is 21.9 Å². The smallest absolute Gasteiger partial charge is 0.320 e. The summed E-state index contributed by atoms with van der Waals surface area (Å²) < 4.78 is 47.7. The van der Waals surface area contributed by atoms with Gasteiger partial charge in [-0.15, -0.1) is 0 Å². The van der Waals surface area contributed by atoms with Crippen molar-refractivity contribution in [2.45, 2.75) is 44.9 Å². The van der Waals surface area contributed by atoms with Crippen LogP contribution in [0.15, 0.2) is 59.5 Å². The monoisotopic (exact) mass is 626 g/mol. The van der Waals surface area contributed by atoms with Crippen LogP contribution in [0, 0.1) is 11.7 Å². The van der Waals surface area contributed by atoms with Gasteiger partial charge >= 0.3 is 6.55 Å². The molecular formula is C31H37F3N8O3. The largest absolute Gasteiger partial charge is 0.488 e. The number of imidazole rings is 1. The summed E-state index contributed by atoms with van der Waals surface area (Å²) >= 11 is 0. The predicted molar refractivity (Wildman–Crippen MR) is 164 cm³/mol. The molecule has 4 heterocycles. The van der Waals surface area contributed by atoms with Crippen LogP contribution >= 0.6 is 0 Å². The molecule has 0 spiro atoms. The number of nitrogens with two attached hydrogens (primary N) is 1. The molecule has 2 fully saturated rings. The van der Waals surface area contributed by atoms with Crippen molar-refractivity contribution in [1.29, 1.82) is 0 Å². The third-order valence-corrected chi connectivity index (χ3v) is 8.31. The minimum absolute atomic E-state index is 0.0194. The lowest BCUT2D eigenvalue weighted by molar-refractivity contribution is -0.127. The summed E-state index contributed by atoms with van der Waals surface area (Å²) in [6, 6.07) is 5.62. The number of rotatable bonds is 11. The molecule has 2 aliphatic rings. The molecule has 2 aromatic heterocycles. The Kier molecular flexibility index (Phi) is 9.53. The lowest BCUT2D eigenvalue weighted by Crippen LogP contribution is -2.53. The molecule has 14 heteroatoms. The number of carbonyl (C=O) groups is 1. The SMILES string of the molecule is C=CC(=O)N1CCC(CN2CC(N=C(C)/C(=N\N)c3cc(OCC(C)(O)c4ccc(F)cn4)c4c(c3)ncn4C(F)F)C2)CC1. The first-order valence-electron chi connectivity index (χ1n) is 14.7. The number of carbonyl (C=O) groups excluding carboxylic acids is 1. The van der Waals surface area contributed by atoms with E-state index in [9.17, 15) is 23.1 Å². The van der Waals surface area contributed by atoms with Crippen LogP contribution < -0.4 is 10.6 Å². The highest BCUT2D eigenvalue weighted by molar-refractivity contribution is 6.47. The maximum atomic E-state index is 13.9. The van der Waals surface area contributed by atoms with E-state index in [4.69, 9.17) is 15.6 Å². The van der Waals surface area contributed by atoms with Crippen molar-refractivity contribution in [3.8, 4) is 5.75 Å². The Bertz CT molecular complexity index is 1590. The van der Waals surface area contributed by atoms with Crippen LogP contribution in [0.25, 0.3) is 11.0 Å². The lowest BCUT2D eigenvalue weighted by Gasteiger charge is -2.41. The first-order chi connectivity index (χ1) is 21.5. The third-order valence-electron chi connectivity index (χ3n) is 8.31. The number of pyridine rings is 1. The molecule has 2 aliphatic heterocycles. The van der Waals surface area contributed by atoms with Crippen LogP contribution in [0.5, 0.6) is 5.75 Å². The van der Waals surface area contributed by atoms with Crippen molar-refractivity contribution >= 4 is 28.4 Å². The molecule has 11 nitrogen and oxygen atoms in total. The molecule has 1 aromatic carbocycles. The van der Waals surface area contributed by atoms with E-state index >= 15 is 0 Å². The maximum absolute atomic E-state index is 13.9. The van der Waals surface area contributed by atoms with Gasteiger partial charge in [-0.25, -0.2) is 9.37 Å². The minimum atomic E-state index is -2.89. The topological polar surface area (TPSA) is 134 Å². The van der Waals surface area contributed by atoms with E-state index in [1.807, 2.05) is 4.90 Å². The highest BCUT2D eigenvalue weighted by Crippen LogP contribution is 2.32. The summed E-state index contributed by atoms with van der Waals surface area (Å²) in [5.41, 5.74) is 0.0941. The number of hydrogen-bond donors (Lipinski definition) is 2. The van der Waals surface area contributed by atoms with E-state index in [-0.39, 0.29) is 41.0 Å². The second kappa shape index (κ2) is 13.4. The van der Waals surface area contributed by atoms with E-state index in [2.05, 4.69) is 26.5 Å². The molecule has 1 atom stereocenters. The second-order valence-electron chi connectivity index (χ2n) is 11.7. The standard InChI is InChI=1S/C31H37F3N8O3/c1-4-27(43)41-9-7-20(8-10-41)14-40-15-23(16-40)38-19(2)28(39-35)21-11-24-29(42(18-37-24)30(33)34)25(12-21)45-17-31(3,44)26-6-5-22(32)13-36-26/h4-6,11-13,18,20,23,30,44H,1,7-10,14-17,35H2,2-3H3/b38-19?,39-28+. The number of benzene rings is 1. The fourth-order valence-electron chi connectivity index (χ4n) is 5.83. The molecule has 0 radical (unpaired) electrons. The highest BCUT2D eigenvalue weighted by Gasteiger charge is 2.31. The Morgan fingerprint density at radius 3 is 2.62 bits per heavy atom. The van der Waals surface area contributed by atoms with Gasteiger partial charge in [0.2, 0.25) is 5.91 Å². The Morgan fingerprint density at radius 2 is 2.00 bits per heavy atom. The van der Waals surface area contributed by atoms with Crippen molar-refractivity contribution in [2.75, 3.05) is 39.3 Å². The summed E-state index contributed by atoms with van der Waals surface area (Å²) in [4.78, 5) is 28.9. The number of hydrazone groups is 1. The van der Waals surface area contributed by atoms with E-state index < -0.39 is 18.0 Å². The number of halogens is 3. The van der Waals surface area contributed by atoms with Crippen LogP contribution in [0.1, 0.15) is 44.5 Å². The van der Waals surface area contributed by atoms with Crippen LogP contribution in [-0.4, -0.2) is 92.1 Å². The van der Waals surface area contributed by atoms with Crippen molar-refractivity contribution in [1.82, 2.24) is 24.3 Å². The fraction of sp³-hybridized carbons (Fsp3) is 0.452. The summed E-state index contributed by atoms with van der Waals surface area (Å²) in [6.07, 6.45) is 5.25. The van der Waals surface area contributed by atoms with E-state index in [1.165, 1.54) is 25.1 Å². The Morgan fingerprint density at radius 1 is 1.27 bits per heavy atom. The van der Waals surface area contributed by atoms with Gasteiger partial charge in [0, 0.05) is 38.3 Å². The molecular weight excluding hydrogens is 589 g/mol. The summed E-state index contributed by atoms with van der Waals surface area (Å²) in [7, 11) is 0. The molecule has 1 amide bonds. The zero-order chi connectivity index (χ0) is 32.3. The number of ether oxygens (including phenoxy) is 1. The maximum Gasteiger partial charge on any atom is 0.320 e. The number of aromatic nitrogens is 3. The summed E-state index contributed by atoms with van der Waals surface area (Å²) in [5, 5.41) is 15.0. The number of aliphatic hydroxyl groups is 1. The first-order valence-corrected chi connectivity index (χ1v) is 14.7. The third kappa shape index (κ3) is 7.17. The average Bonchev–Trinajstić information content (AvgIpc) is 3.44. The van der Waals surface area contributed by atoms with E-state index in [0.717, 1.165) is 64.2 Å². The van der Waals surface area contributed by atoms with Gasteiger partial charge < -0.3 is 20.6 Å². The summed E-state index contributed by atoms with van der Waals surface area (Å²) in [5.74, 6) is 5.76. The Hall–Kier alpha value is -4.30. The van der Waals surface area contributed by atoms with Crippen LogP contribution in [0.3, 0.4) is 0 Å². The summed E-state index contributed by atoms with van der Waals surface area (Å²) in [6.45, 7) is 7.50. The van der Waals surface area contributed by atoms with Gasteiger partial charge in [-0.05, 0) is 62.9 Å². The van der Waals surface area contributed by atoms with Crippen molar-refractivity contribution in [3.63, 3.8) is 0 Å². The quantitative estimate of drug-likeness (QED) is 0.144.